The van der Waals surface area contributed by atoms with E-state index in [4.69, 9.17) is 11.5 Å². The quantitative estimate of drug-likeness (QED) is 0.285. The van der Waals surface area contributed by atoms with Crippen LogP contribution in [0.5, 0.6) is 0 Å². The largest absolute Gasteiger partial charge is 0.465 e. The first-order chi connectivity index (χ1) is 6.56. The summed E-state index contributed by atoms with van der Waals surface area (Å²) in [5.41, 5.74) is 13.2. The van der Waals surface area contributed by atoms with Gasteiger partial charge in [-0.25, -0.2) is 4.79 Å². The van der Waals surface area contributed by atoms with Gasteiger partial charge in [0.15, 0.2) is 0 Å². The second kappa shape index (κ2) is 4.61. The molecule has 0 radical (unpaired) electrons. The van der Waals surface area contributed by atoms with Crippen LogP contribution in [0.1, 0.15) is 20.0 Å². The number of alkyl halides is 1. The van der Waals surface area contributed by atoms with Crippen LogP contribution >= 0.6 is 22.6 Å². The summed E-state index contributed by atoms with van der Waals surface area (Å²) < 4.78 is 4.36. The molecule has 0 fully saturated rings. The third-order valence-corrected chi connectivity index (χ3v) is 2.48. The molecule has 0 aliphatic carbocycles. The Morgan fingerprint density at radius 3 is 2.71 bits per heavy atom. The van der Waals surface area contributed by atoms with Gasteiger partial charge in [-0.1, -0.05) is 22.6 Å². The van der Waals surface area contributed by atoms with Gasteiger partial charge < -0.3 is 16.2 Å². The molecule has 0 saturated carbocycles. The number of esters is 1. The van der Waals surface area contributed by atoms with Crippen LogP contribution in [-0.2, 0) is 4.74 Å². The van der Waals surface area contributed by atoms with E-state index >= 15 is 0 Å². The molecule has 14 heavy (non-hydrogen) atoms. The summed E-state index contributed by atoms with van der Waals surface area (Å²) in [7, 11) is 1.34. The van der Waals surface area contributed by atoms with Gasteiger partial charge in [-0.15, -0.1) is 0 Å². The van der Waals surface area contributed by atoms with Gasteiger partial charge in [0.25, 0.3) is 0 Å². The van der Waals surface area contributed by atoms with Crippen molar-refractivity contribution >= 4 is 34.2 Å². The van der Waals surface area contributed by atoms with Gasteiger partial charge in [-0.3, -0.25) is 0 Å². The first kappa shape index (κ1) is 11.3. The second-order valence-corrected chi connectivity index (χ2v) is 4.08. The van der Waals surface area contributed by atoms with Crippen LogP contribution in [0.25, 0.3) is 0 Å². The Kier molecular flexibility index (Phi) is 3.70. The molecule has 1 unspecified atom stereocenters. The van der Waals surface area contributed by atoms with Crippen LogP contribution in [0, 0.1) is 0 Å². The molecular weight excluding hydrogens is 295 g/mol. The summed E-state index contributed by atoms with van der Waals surface area (Å²) in [4.78, 5) is 11.2. The van der Waals surface area contributed by atoms with Crippen molar-refractivity contribution in [2.45, 2.75) is 4.05 Å². The molecule has 1 rings (SSSR count). The highest BCUT2D eigenvalue weighted by Gasteiger charge is 2.11. The lowest BCUT2D eigenvalue weighted by molar-refractivity contribution is 0.0600. The maximum Gasteiger partial charge on any atom is 0.337 e. The number of benzene rings is 1. The fourth-order valence-electron chi connectivity index (χ4n) is 1.06. The molecule has 76 valence electrons. The van der Waals surface area contributed by atoms with Gasteiger partial charge in [-0.05, 0) is 18.2 Å². The number of nitrogens with two attached hydrogens (primary N) is 2. The van der Waals surface area contributed by atoms with E-state index in [9.17, 15) is 4.79 Å². The van der Waals surface area contributed by atoms with Gasteiger partial charge in [0, 0.05) is 11.3 Å². The van der Waals surface area contributed by atoms with E-state index in [1.165, 1.54) is 7.11 Å². The summed E-state index contributed by atoms with van der Waals surface area (Å²) in [5, 5.41) is 0. The number of halogens is 1. The van der Waals surface area contributed by atoms with Gasteiger partial charge in [0.1, 0.15) is 0 Å². The maximum atomic E-state index is 11.2. The molecule has 0 aliphatic heterocycles. The highest BCUT2D eigenvalue weighted by molar-refractivity contribution is 14.1. The predicted octanol–water partition coefficient (Wildman–Crippen LogP) is 1.45. The number of rotatable bonds is 2. The third kappa shape index (κ3) is 2.36. The Bertz CT molecular complexity index is 353. The lowest BCUT2D eigenvalue weighted by Gasteiger charge is -2.09. The van der Waals surface area contributed by atoms with E-state index in [-0.39, 0.29) is 10.0 Å². The zero-order valence-electron chi connectivity index (χ0n) is 7.66. The first-order valence-electron chi connectivity index (χ1n) is 3.93. The summed E-state index contributed by atoms with van der Waals surface area (Å²) in [6, 6.07) is 4.92. The van der Waals surface area contributed by atoms with Crippen molar-refractivity contribution in [3.05, 3.63) is 29.3 Å². The van der Waals surface area contributed by atoms with E-state index < -0.39 is 0 Å². The Hall–Kier alpha value is -0.820. The number of carbonyl (C=O) groups excluding carboxylic acids is 1. The second-order valence-electron chi connectivity index (χ2n) is 2.74. The van der Waals surface area contributed by atoms with Gasteiger partial charge in [0.05, 0.1) is 16.7 Å². The number of nitrogen functional groups attached to an aromatic ring is 1. The highest BCUT2D eigenvalue weighted by Crippen LogP contribution is 2.24. The number of hydrogen-bond acceptors (Lipinski definition) is 4. The van der Waals surface area contributed by atoms with Crippen molar-refractivity contribution in [3.63, 3.8) is 0 Å². The molecule has 1 atom stereocenters. The van der Waals surface area contributed by atoms with Crippen molar-refractivity contribution in [3.8, 4) is 0 Å². The number of methoxy groups -OCH3 is 1. The average molecular weight is 306 g/mol. The van der Waals surface area contributed by atoms with Crippen LogP contribution in [-0.4, -0.2) is 13.1 Å². The number of anilines is 1. The molecule has 0 amide bonds. The normalized spacial score (nSPS) is 12.2. The molecule has 0 aliphatic rings. The lowest BCUT2D eigenvalue weighted by Crippen LogP contribution is -2.08. The molecule has 0 bridgehead atoms. The molecule has 0 heterocycles. The molecule has 4 N–H and O–H groups in total. The monoisotopic (exact) mass is 306 g/mol. The number of hydrogen-bond donors (Lipinski definition) is 2. The maximum absolute atomic E-state index is 11.2. The topological polar surface area (TPSA) is 78.3 Å². The summed E-state index contributed by atoms with van der Waals surface area (Å²) >= 11 is 2.03. The minimum atomic E-state index is -0.386. The summed E-state index contributed by atoms with van der Waals surface area (Å²) in [5.74, 6) is -0.386. The Morgan fingerprint density at radius 2 is 2.21 bits per heavy atom. The first-order valence-corrected chi connectivity index (χ1v) is 5.18. The van der Waals surface area contributed by atoms with Crippen LogP contribution in [0.4, 0.5) is 5.69 Å². The predicted molar refractivity (Wildman–Crippen MR) is 63.1 cm³/mol. The van der Waals surface area contributed by atoms with Gasteiger partial charge in [-0.2, -0.15) is 0 Å². The minimum Gasteiger partial charge on any atom is -0.465 e. The zero-order chi connectivity index (χ0) is 10.7. The Morgan fingerprint density at radius 1 is 1.57 bits per heavy atom. The number of ether oxygens (including phenoxy) is 1. The molecule has 1 aromatic rings. The van der Waals surface area contributed by atoms with E-state index in [0.29, 0.717) is 11.3 Å². The van der Waals surface area contributed by atoms with Gasteiger partial charge in [0.2, 0.25) is 0 Å². The fourth-order valence-corrected chi connectivity index (χ4v) is 1.60. The summed E-state index contributed by atoms with van der Waals surface area (Å²) in [6.07, 6.45) is 0. The van der Waals surface area contributed by atoms with Crippen LogP contribution in [0.3, 0.4) is 0 Å². The standard InChI is InChI=1S/C9H11IN2O2/c1-14-9(13)5-2-3-7(11)6(4-5)8(10)12/h2-4,8H,11-12H2,1H3. The Labute approximate surface area is 95.7 Å². The average Bonchev–Trinajstić information content (AvgIpc) is 2.17. The summed E-state index contributed by atoms with van der Waals surface area (Å²) in [6.45, 7) is 0. The minimum absolute atomic E-state index is 0.225. The smallest absolute Gasteiger partial charge is 0.337 e. The third-order valence-electron chi connectivity index (χ3n) is 1.80. The van der Waals surface area contributed by atoms with Gasteiger partial charge >= 0.3 is 5.97 Å². The molecule has 1 aromatic carbocycles. The van der Waals surface area contributed by atoms with E-state index in [2.05, 4.69) is 4.74 Å². The number of carbonyl (C=O) groups is 1. The molecule has 0 saturated heterocycles. The highest BCUT2D eigenvalue weighted by atomic mass is 127. The SMILES string of the molecule is COC(=O)c1ccc(N)c(C(N)I)c1. The van der Waals surface area contributed by atoms with Crippen molar-refractivity contribution in [1.29, 1.82) is 0 Å². The molecule has 5 heteroatoms. The van der Waals surface area contributed by atoms with E-state index in [1.807, 2.05) is 22.6 Å². The van der Waals surface area contributed by atoms with Crippen molar-refractivity contribution < 1.29 is 9.53 Å². The van der Waals surface area contributed by atoms with Crippen LogP contribution < -0.4 is 11.5 Å². The van der Waals surface area contributed by atoms with Crippen molar-refractivity contribution in [2.24, 2.45) is 5.73 Å². The molecular formula is C9H11IN2O2. The lowest BCUT2D eigenvalue weighted by atomic mass is 10.1. The zero-order valence-corrected chi connectivity index (χ0v) is 9.82. The van der Waals surface area contributed by atoms with E-state index in [1.54, 1.807) is 18.2 Å². The molecule has 4 nitrogen and oxygen atoms in total. The molecule has 0 spiro atoms. The Balaban J connectivity index is 3.13. The molecule has 0 aromatic heterocycles. The fraction of sp³-hybridized carbons (Fsp3) is 0.222. The van der Waals surface area contributed by atoms with Crippen molar-refractivity contribution in [1.82, 2.24) is 0 Å². The van der Waals surface area contributed by atoms with Crippen LogP contribution in [0.2, 0.25) is 0 Å². The van der Waals surface area contributed by atoms with Crippen LogP contribution in [0.15, 0.2) is 18.2 Å². The van der Waals surface area contributed by atoms with Crippen molar-refractivity contribution in [2.75, 3.05) is 12.8 Å². The van der Waals surface area contributed by atoms with E-state index in [0.717, 1.165) is 5.56 Å².